The first kappa shape index (κ1) is 37.3. The minimum absolute atomic E-state index is 0.0930. The number of hydrogen-bond acceptors (Lipinski definition) is 7. The Balaban J connectivity index is 1.06. The lowest BCUT2D eigenvalue weighted by Crippen LogP contribution is -2.61. The molecule has 3 amide bonds. The molecule has 3 aliphatic rings. The number of ether oxygens (including phenoxy) is 1. The molecule has 10 nitrogen and oxygen atoms in total. The first-order valence-electron chi connectivity index (χ1n) is 18.4. The predicted octanol–water partition coefficient (Wildman–Crippen LogP) is 7.37. The number of piperidine rings is 1. The van der Waals surface area contributed by atoms with Crippen LogP contribution in [0.3, 0.4) is 0 Å². The van der Waals surface area contributed by atoms with Crippen LogP contribution in [0.25, 0.3) is 11.1 Å². The molecule has 52 heavy (non-hydrogen) atoms. The Morgan fingerprint density at radius 3 is 2.29 bits per heavy atom. The number of benzene rings is 2. The van der Waals surface area contributed by atoms with Crippen molar-refractivity contribution in [3.05, 3.63) is 71.0 Å². The lowest BCUT2D eigenvalue weighted by Gasteiger charge is -2.53. The van der Waals surface area contributed by atoms with E-state index in [4.69, 9.17) is 9.26 Å². The molecule has 3 aromatic rings. The van der Waals surface area contributed by atoms with Crippen LogP contribution in [0.5, 0.6) is 0 Å². The van der Waals surface area contributed by atoms with Gasteiger partial charge in [0.25, 0.3) is 0 Å². The summed E-state index contributed by atoms with van der Waals surface area (Å²) in [6.07, 6.45) is 2.78. The van der Waals surface area contributed by atoms with Crippen molar-refractivity contribution in [1.29, 1.82) is 0 Å². The fourth-order valence-corrected chi connectivity index (χ4v) is 7.92. The molecule has 3 unspecified atom stereocenters. The molecule has 6 rings (SSSR count). The van der Waals surface area contributed by atoms with E-state index in [1.54, 1.807) is 28.9 Å². The van der Waals surface area contributed by atoms with Gasteiger partial charge in [-0.05, 0) is 89.0 Å². The van der Waals surface area contributed by atoms with Crippen molar-refractivity contribution >= 4 is 23.7 Å². The highest BCUT2D eigenvalue weighted by Gasteiger charge is 2.47. The molecular formula is C40H51F2N5O5. The topological polar surface area (TPSA) is 108 Å². The van der Waals surface area contributed by atoms with E-state index in [-0.39, 0.29) is 35.3 Å². The van der Waals surface area contributed by atoms with E-state index in [2.05, 4.69) is 15.4 Å². The van der Waals surface area contributed by atoms with Crippen molar-refractivity contribution < 1.29 is 32.4 Å². The highest BCUT2D eigenvalue weighted by Crippen LogP contribution is 2.43. The highest BCUT2D eigenvalue weighted by molar-refractivity contribution is 5.91. The SMILES string of the molecule is Cc1cc(F)cc(F)c1-c1ccc(C(C)NC(=O)C2CCCN2C(=O)C(c2cc(N3CC4(CCN(C(=O)OC(C)(C)C)CC4)C3)no2)C(C)C)cc1. The van der Waals surface area contributed by atoms with E-state index in [0.717, 1.165) is 37.6 Å². The molecule has 280 valence electrons. The first-order valence-corrected chi connectivity index (χ1v) is 18.4. The van der Waals surface area contributed by atoms with E-state index in [9.17, 15) is 23.2 Å². The third-order valence-electron chi connectivity index (χ3n) is 10.8. The van der Waals surface area contributed by atoms with Gasteiger partial charge in [0.15, 0.2) is 11.6 Å². The maximum atomic E-state index is 14.6. The fraction of sp³-hybridized carbons (Fsp3) is 0.550. The summed E-state index contributed by atoms with van der Waals surface area (Å²) in [7, 11) is 0. The summed E-state index contributed by atoms with van der Waals surface area (Å²) in [5, 5.41) is 7.43. The predicted molar refractivity (Wildman–Crippen MR) is 194 cm³/mol. The second-order valence-electron chi connectivity index (χ2n) is 16.3. The zero-order valence-corrected chi connectivity index (χ0v) is 31.3. The molecule has 1 N–H and O–H groups in total. The van der Waals surface area contributed by atoms with Crippen LogP contribution in [0.4, 0.5) is 19.4 Å². The Bertz CT molecular complexity index is 1760. The van der Waals surface area contributed by atoms with Crippen LogP contribution in [0.2, 0.25) is 0 Å². The van der Waals surface area contributed by atoms with Crippen LogP contribution in [0, 0.1) is 29.9 Å². The molecule has 3 fully saturated rings. The Labute approximate surface area is 304 Å². The Kier molecular flexibility index (Phi) is 10.4. The number of aryl methyl sites for hydroxylation is 1. The molecule has 0 bridgehead atoms. The summed E-state index contributed by atoms with van der Waals surface area (Å²) in [5.74, 6) is -1.13. The van der Waals surface area contributed by atoms with Gasteiger partial charge < -0.3 is 29.3 Å². The highest BCUT2D eigenvalue weighted by atomic mass is 19.1. The first-order chi connectivity index (χ1) is 24.5. The van der Waals surface area contributed by atoms with Crippen LogP contribution in [-0.2, 0) is 14.3 Å². The molecule has 1 spiro atoms. The number of nitrogens with zero attached hydrogens (tertiary/aromatic N) is 4. The molecule has 12 heteroatoms. The number of carbonyl (C=O) groups is 3. The summed E-state index contributed by atoms with van der Waals surface area (Å²) >= 11 is 0. The smallest absolute Gasteiger partial charge is 0.410 e. The van der Waals surface area contributed by atoms with Crippen LogP contribution in [0.1, 0.15) is 96.1 Å². The lowest BCUT2D eigenvalue weighted by atomic mass is 9.72. The van der Waals surface area contributed by atoms with E-state index < -0.39 is 29.2 Å². The van der Waals surface area contributed by atoms with Gasteiger partial charge >= 0.3 is 6.09 Å². The van der Waals surface area contributed by atoms with Gasteiger partial charge in [-0.15, -0.1) is 0 Å². The van der Waals surface area contributed by atoms with Gasteiger partial charge in [-0.3, -0.25) is 9.59 Å². The van der Waals surface area contributed by atoms with E-state index in [0.29, 0.717) is 60.7 Å². The zero-order chi connectivity index (χ0) is 37.5. The van der Waals surface area contributed by atoms with Gasteiger partial charge in [0.1, 0.15) is 29.2 Å². The second-order valence-corrected chi connectivity index (χ2v) is 16.3. The normalized spacial score (nSPS) is 19.8. The molecule has 2 aromatic carbocycles. The Morgan fingerprint density at radius 2 is 1.67 bits per heavy atom. The molecule has 0 radical (unpaired) electrons. The molecule has 3 saturated heterocycles. The third-order valence-corrected chi connectivity index (χ3v) is 10.8. The van der Waals surface area contributed by atoms with Crippen LogP contribution in [0.15, 0.2) is 47.0 Å². The average molecular weight is 720 g/mol. The van der Waals surface area contributed by atoms with Crippen LogP contribution < -0.4 is 10.2 Å². The summed E-state index contributed by atoms with van der Waals surface area (Å²) in [4.78, 5) is 45.9. The van der Waals surface area contributed by atoms with Crippen molar-refractivity contribution in [2.45, 2.75) is 97.8 Å². The van der Waals surface area contributed by atoms with Crippen molar-refractivity contribution in [1.82, 2.24) is 20.3 Å². The Hall–Kier alpha value is -4.48. The minimum atomic E-state index is -0.623. The van der Waals surface area contributed by atoms with Crippen molar-refractivity contribution in [3.63, 3.8) is 0 Å². The number of likely N-dealkylation sites (tertiary alicyclic amines) is 2. The zero-order valence-electron chi connectivity index (χ0n) is 31.3. The molecule has 1 aromatic heterocycles. The van der Waals surface area contributed by atoms with Gasteiger partial charge in [0.2, 0.25) is 11.8 Å². The third kappa shape index (κ3) is 7.80. The summed E-state index contributed by atoms with van der Waals surface area (Å²) in [5.41, 5.74) is 1.88. The second kappa shape index (κ2) is 14.5. The number of amides is 3. The number of nitrogens with one attached hydrogen (secondary N) is 1. The van der Waals surface area contributed by atoms with Gasteiger partial charge in [-0.1, -0.05) is 43.3 Å². The molecule has 3 aliphatic heterocycles. The minimum Gasteiger partial charge on any atom is -0.444 e. The summed E-state index contributed by atoms with van der Waals surface area (Å²) < 4.78 is 39.6. The molecule has 3 atom stereocenters. The number of carbonyl (C=O) groups excluding carboxylic acids is 3. The fourth-order valence-electron chi connectivity index (χ4n) is 7.92. The summed E-state index contributed by atoms with van der Waals surface area (Å²) in [6, 6.07) is 10.2. The number of aromatic nitrogens is 1. The van der Waals surface area contributed by atoms with Gasteiger partial charge in [-0.25, -0.2) is 13.6 Å². The maximum Gasteiger partial charge on any atom is 0.410 e. The quantitative estimate of drug-likeness (QED) is 0.259. The van der Waals surface area contributed by atoms with Crippen molar-refractivity contribution in [2.75, 3.05) is 37.6 Å². The van der Waals surface area contributed by atoms with Gasteiger partial charge in [-0.2, -0.15) is 0 Å². The van der Waals surface area contributed by atoms with Crippen molar-refractivity contribution in [2.24, 2.45) is 11.3 Å². The number of anilines is 1. The molecule has 0 aliphatic carbocycles. The summed E-state index contributed by atoms with van der Waals surface area (Å²) in [6.45, 7) is 16.5. The number of halogens is 2. The Morgan fingerprint density at radius 1 is 1.00 bits per heavy atom. The molecule has 4 heterocycles. The van der Waals surface area contributed by atoms with E-state index in [1.165, 1.54) is 6.07 Å². The van der Waals surface area contributed by atoms with Crippen LogP contribution >= 0.6 is 0 Å². The average Bonchev–Trinajstić information content (AvgIpc) is 3.73. The molecular weight excluding hydrogens is 668 g/mol. The van der Waals surface area contributed by atoms with E-state index in [1.807, 2.05) is 59.7 Å². The molecule has 0 saturated carbocycles. The standard InChI is InChI=1S/C40H51F2N5O5/c1-24(2)34(32-21-33(44-52-32)46-22-40(23-46)14-17-45(18-15-40)38(50)51-39(5,6)7)37(49)47-16-8-9-31(47)36(48)43-26(4)27-10-12-28(13-11-27)35-25(3)19-29(41)20-30(35)42/h10-13,19-21,24,26,31,34H,8-9,14-18,22-23H2,1-7H3,(H,43,48). The monoisotopic (exact) mass is 719 g/mol. The number of hydrogen-bond donors (Lipinski definition) is 1. The van der Waals surface area contributed by atoms with Gasteiger partial charge in [0, 0.05) is 55.8 Å². The lowest BCUT2D eigenvalue weighted by molar-refractivity contribution is -0.141. The largest absolute Gasteiger partial charge is 0.444 e. The van der Waals surface area contributed by atoms with Crippen LogP contribution in [-0.4, -0.2) is 77.2 Å². The number of rotatable bonds is 8. The maximum absolute atomic E-state index is 14.6. The van der Waals surface area contributed by atoms with Crippen molar-refractivity contribution in [3.8, 4) is 11.1 Å². The van der Waals surface area contributed by atoms with Gasteiger partial charge in [0.05, 0.1) is 6.04 Å². The van der Waals surface area contributed by atoms with E-state index >= 15 is 0 Å².